The number of hydrogen-bond acceptors (Lipinski definition) is 6. The third kappa shape index (κ3) is 1.79. The second kappa shape index (κ2) is 3.83. The van der Waals surface area contributed by atoms with E-state index in [1.165, 1.54) is 0 Å². The standard InChI is InChI=1S/C8H14N4O2/c1-13-6-2-4-12(5-3-6)8-11-10-7(9)14-8/h6H,2-5H2,1H3,(H2,9,10). The highest BCUT2D eigenvalue weighted by molar-refractivity contribution is 5.28. The van der Waals surface area contributed by atoms with E-state index in [0.29, 0.717) is 12.1 Å². The summed E-state index contributed by atoms with van der Waals surface area (Å²) >= 11 is 0. The molecule has 1 saturated heterocycles. The Morgan fingerprint density at radius 2 is 2.14 bits per heavy atom. The van der Waals surface area contributed by atoms with E-state index < -0.39 is 0 Å². The van der Waals surface area contributed by atoms with Crippen molar-refractivity contribution in [2.45, 2.75) is 18.9 Å². The highest BCUT2D eigenvalue weighted by atomic mass is 16.5. The molecule has 14 heavy (non-hydrogen) atoms. The Morgan fingerprint density at radius 3 is 2.64 bits per heavy atom. The van der Waals surface area contributed by atoms with E-state index in [4.69, 9.17) is 14.9 Å². The first-order chi connectivity index (χ1) is 6.79. The van der Waals surface area contributed by atoms with Crippen LogP contribution in [-0.2, 0) is 4.74 Å². The molecular formula is C8H14N4O2. The van der Waals surface area contributed by atoms with Gasteiger partial charge in [-0.05, 0) is 12.8 Å². The summed E-state index contributed by atoms with van der Waals surface area (Å²) in [5, 5.41) is 7.45. The summed E-state index contributed by atoms with van der Waals surface area (Å²) in [6.07, 6.45) is 2.32. The summed E-state index contributed by atoms with van der Waals surface area (Å²) in [5.41, 5.74) is 5.35. The topological polar surface area (TPSA) is 77.4 Å². The lowest BCUT2D eigenvalue weighted by Gasteiger charge is -2.29. The van der Waals surface area contributed by atoms with Gasteiger partial charge in [0.25, 0.3) is 0 Å². The zero-order valence-electron chi connectivity index (χ0n) is 8.14. The van der Waals surface area contributed by atoms with Crippen LogP contribution in [0.3, 0.4) is 0 Å². The van der Waals surface area contributed by atoms with Crippen LogP contribution in [0.15, 0.2) is 4.42 Å². The number of aromatic nitrogens is 2. The minimum absolute atomic E-state index is 0.119. The van der Waals surface area contributed by atoms with Crippen LogP contribution >= 0.6 is 0 Å². The van der Waals surface area contributed by atoms with Gasteiger partial charge in [0.15, 0.2) is 0 Å². The Morgan fingerprint density at radius 1 is 1.43 bits per heavy atom. The maximum absolute atomic E-state index is 5.35. The Hall–Kier alpha value is -1.30. The lowest BCUT2D eigenvalue weighted by Crippen LogP contribution is -2.36. The van der Waals surface area contributed by atoms with Crippen molar-refractivity contribution in [2.24, 2.45) is 0 Å². The Kier molecular flexibility index (Phi) is 2.53. The molecule has 78 valence electrons. The molecule has 0 aliphatic carbocycles. The summed E-state index contributed by atoms with van der Waals surface area (Å²) < 4.78 is 10.4. The van der Waals surface area contributed by atoms with Crippen molar-refractivity contribution in [1.82, 2.24) is 10.2 Å². The van der Waals surface area contributed by atoms with E-state index in [2.05, 4.69) is 10.2 Å². The molecule has 2 heterocycles. The van der Waals surface area contributed by atoms with Gasteiger partial charge in [-0.25, -0.2) is 0 Å². The van der Waals surface area contributed by atoms with Crippen LogP contribution in [0.5, 0.6) is 0 Å². The fraction of sp³-hybridized carbons (Fsp3) is 0.750. The van der Waals surface area contributed by atoms with Crippen molar-refractivity contribution < 1.29 is 9.15 Å². The van der Waals surface area contributed by atoms with Crippen molar-refractivity contribution in [2.75, 3.05) is 30.8 Å². The van der Waals surface area contributed by atoms with E-state index in [9.17, 15) is 0 Å². The monoisotopic (exact) mass is 198 g/mol. The first-order valence-corrected chi connectivity index (χ1v) is 4.66. The van der Waals surface area contributed by atoms with Crippen LogP contribution in [0.1, 0.15) is 12.8 Å². The van der Waals surface area contributed by atoms with Gasteiger partial charge < -0.3 is 19.8 Å². The van der Waals surface area contributed by atoms with Gasteiger partial charge in [0.1, 0.15) is 0 Å². The zero-order valence-corrected chi connectivity index (χ0v) is 8.14. The molecule has 0 saturated carbocycles. The molecule has 1 aliphatic rings. The molecule has 1 aromatic heterocycles. The van der Waals surface area contributed by atoms with Crippen LogP contribution in [0, 0.1) is 0 Å². The van der Waals surface area contributed by atoms with E-state index in [0.717, 1.165) is 25.9 Å². The molecule has 0 radical (unpaired) electrons. The van der Waals surface area contributed by atoms with Gasteiger partial charge in [0.2, 0.25) is 0 Å². The normalized spacial score (nSPS) is 18.8. The molecule has 6 nitrogen and oxygen atoms in total. The average molecular weight is 198 g/mol. The lowest BCUT2D eigenvalue weighted by molar-refractivity contribution is 0.0811. The second-order valence-corrected chi connectivity index (χ2v) is 3.34. The van der Waals surface area contributed by atoms with Crippen LogP contribution in [0.25, 0.3) is 0 Å². The number of hydrogen-bond donors (Lipinski definition) is 1. The number of rotatable bonds is 2. The fourth-order valence-corrected chi connectivity index (χ4v) is 1.64. The number of piperidine rings is 1. The van der Waals surface area contributed by atoms with E-state index in [1.54, 1.807) is 7.11 Å². The number of nitrogen functional groups attached to an aromatic ring is 1. The largest absolute Gasteiger partial charge is 0.390 e. The average Bonchev–Trinajstić information content (AvgIpc) is 2.65. The predicted molar refractivity (Wildman–Crippen MR) is 51.0 cm³/mol. The molecule has 0 atom stereocenters. The fourth-order valence-electron chi connectivity index (χ4n) is 1.64. The highest BCUT2D eigenvalue weighted by Gasteiger charge is 2.22. The Balaban J connectivity index is 1.95. The molecule has 1 aromatic rings. The molecule has 0 aromatic carbocycles. The van der Waals surface area contributed by atoms with Crippen LogP contribution in [0.4, 0.5) is 12.0 Å². The molecule has 0 amide bonds. The SMILES string of the molecule is COC1CCN(c2nnc(N)o2)CC1. The molecule has 1 fully saturated rings. The first-order valence-electron chi connectivity index (χ1n) is 4.66. The minimum Gasteiger partial charge on any atom is -0.390 e. The summed E-state index contributed by atoms with van der Waals surface area (Å²) in [6.45, 7) is 1.75. The van der Waals surface area contributed by atoms with Crippen molar-refractivity contribution in [3.63, 3.8) is 0 Å². The van der Waals surface area contributed by atoms with Gasteiger partial charge in [-0.1, -0.05) is 10.2 Å². The van der Waals surface area contributed by atoms with Crippen molar-refractivity contribution in [3.8, 4) is 0 Å². The van der Waals surface area contributed by atoms with Gasteiger partial charge >= 0.3 is 12.0 Å². The third-order valence-corrected chi connectivity index (χ3v) is 2.48. The minimum atomic E-state index is 0.119. The van der Waals surface area contributed by atoms with E-state index in [-0.39, 0.29) is 6.01 Å². The number of ether oxygens (including phenoxy) is 1. The molecule has 0 spiro atoms. The number of methoxy groups -OCH3 is 1. The van der Waals surface area contributed by atoms with Crippen molar-refractivity contribution >= 4 is 12.0 Å². The number of nitrogens with zero attached hydrogens (tertiary/aromatic N) is 3. The Bertz CT molecular complexity index is 293. The predicted octanol–water partition coefficient (Wildman–Crippen LogP) is 0.267. The van der Waals surface area contributed by atoms with Gasteiger partial charge in [-0.2, -0.15) is 0 Å². The molecule has 6 heteroatoms. The van der Waals surface area contributed by atoms with Crippen LogP contribution in [-0.4, -0.2) is 36.5 Å². The summed E-state index contributed by atoms with van der Waals surface area (Å²) in [6, 6.07) is 0.630. The maximum Gasteiger partial charge on any atom is 0.319 e. The molecule has 2 N–H and O–H groups in total. The first kappa shape index (κ1) is 9.26. The van der Waals surface area contributed by atoms with E-state index in [1.807, 2.05) is 4.90 Å². The molecule has 0 bridgehead atoms. The summed E-state index contributed by atoms with van der Waals surface area (Å²) in [5.74, 6) is 0. The molecule has 0 unspecified atom stereocenters. The molecule has 1 aliphatic heterocycles. The quantitative estimate of drug-likeness (QED) is 0.734. The smallest absolute Gasteiger partial charge is 0.319 e. The summed E-state index contributed by atoms with van der Waals surface area (Å²) in [7, 11) is 1.74. The maximum atomic E-state index is 5.35. The number of nitrogens with two attached hydrogens (primary N) is 1. The van der Waals surface area contributed by atoms with E-state index >= 15 is 0 Å². The van der Waals surface area contributed by atoms with Crippen LogP contribution in [0.2, 0.25) is 0 Å². The second-order valence-electron chi connectivity index (χ2n) is 3.34. The van der Waals surface area contributed by atoms with Crippen molar-refractivity contribution in [3.05, 3.63) is 0 Å². The third-order valence-electron chi connectivity index (χ3n) is 2.48. The summed E-state index contributed by atoms with van der Waals surface area (Å²) in [4.78, 5) is 2.03. The molecular weight excluding hydrogens is 184 g/mol. The van der Waals surface area contributed by atoms with Gasteiger partial charge in [-0.3, -0.25) is 0 Å². The lowest BCUT2D eigenvalue weighted by atomic mass is 10.1. The highest BCUT2D eigenvalue weighted by Crippen LogP contribution is 2.20. The van der Waals surface area contributed by atoms with Gasteiger partial charge in [0.05, 0.1) is 6.10 Å². The van der Waals surface area contributed by atoms with Crippen LogP contribution < -0.4 is 10.6 Å². The number of anilines is 2. The zero-order chi connectivity index (χ0) is 9.97. The van der Waals surface area contributed by atoms with Gasteiger partial charge in [0, 0.05) is 20.2 Å². The Labute approximate surface area is 82.0 Å². The molecule has 2 rings (SSSR count). The van der Waals surface area contributed by atoms with Crippen molar-refractivity contribution in [1.29, 1.82) is 0 Å². The van der Waals surface area contributed by atoms with Gasteiger partial charge in [-0.15, -0.1) is 0 Å².